The van der Waals surface area contributed by atoms with Gasteiger partial charge in [-0.25, -0.2) is 14.0 Å². The SMILES string of the molecule is CC1(C)CCC(NC(=O)Nc2ccc(C(=O)O)c(F)c2)C1. The first-order chi connectivity index (χ1) is 9.77. The predicted octanol–water partition coefficient (Wildman–Crippen LogP) is 3.22. The molecule has 1 atom stereocenters. The lowest BCUT2D eigenvalue weighted by Crippen LogP contribution is -2.36. The van der Waals surface area contributed by atoms with Crippen LogP contribution >= 0.6 is 0 Å². The van der Waals surface area contributed by atoms with Crippen LogP contribution in [0.25, 0.3) is 0 Å². The highest BCUT2D eigenvalue weighted by molar-refractivity contribution is 5.91. The van der Waals surface area contributed by atoms with Crippen molar-refractivity contribution in [1.82, 2.24) is 5.32 Å². The van der Waals surface area contributed by atoms with Gasteiger partial charge in [-0.05, 0) is 42.9 Å². The van der Waals surface area contributed by atoms with Gasteiger partial charge >= 0.3 is 12.0 Å². The summed E-state index contributed by atoms with van der Waals surface area (Å²) >= 11 is 0. The molecule has 1 saturated carbocycles. The number of hydrogen-bond acceptors (Lipinski definition) is 2. The number of halogens is 1. The fourth-order valence-electron chi connectivity index (χ4n) is 2.68. The van der Waals surface area contributed by atoms with Gasteiger partial charge in [-0.15, -0.1) is 0 Å². The highest BCUT2D eigenvalue weighted by Crippen LogP contribution is 2.36. The zero-order valence-corrected chi connectivity index (χ0v) is 12.1. The zero-order chi connectivity index (χ0) is 15.6. The first-order valence-corrected chi connectivity index (χ1v) is 6.87. The van der Waals surface area contributed by atoms with Crippen molar-refractivity contribution in [2.45, 2.75) is 39.2 Å². The van der Waals surface area contributed by atoms with Gasteiger partial charge in [0.2, 0.25) is 0 Å². The molecule has 114 valence electrons. The Bertz CT molecular complexity index is 572. The number of carbonyl (C=O) groups excluding carboxylic acids is 1. The fourth-order valence-corrected chi connectivity index (χ4v) is 2.68. The van der Waals surface area contributed by atoms with Crippen LogP contribution in [0.5, 0.6) is 0 Å². The molecule has 5 nitrogen and oxygen atoms in total. The quantitative estimate of drug-likeness (QED) is 0.801. The molecule has 2 amide bonds. The lowest BCUT2D eigenvalue weighted by Gasteiger charge is -2.18. The van der Waals surface area contributed by atoms with Crippen LogP contribution in [0.1, 0.15) is 43.5 Å². The Hall–Kier alpha value is -2.11. The number of nitrogens with one attached hydrogen (secondary N) is 2. The molecule has 6 heteroatoms. The molecule has 0 bridgehead atoms. The normalized spacial score (nSPS) is 20.0. The van der Waals surface area contributed by atoms with Crippen molar-refractivity contribution < 1.29 is 19.1 Å². The number of rotatable bonds is 3. The lowest BCUT2D eigenvalue weighted by atomic mass is 9.92. The van der Waals surface area contributed by atoms with E-state index in [0.717, 1.165) is 31.4 Å². The van der Waals surface area contributed by atoms with Crippen molar-refractivity contribution in [3.63, 3.8) is 0 Å². The van der Waals surface area contributed by atoms with E-state index in [-0.39, 0.29) is 17.1 Å². The molecule has 3 N–H and O–H groups in total. The minimum Gasteiger partial charge on any atom is -0.478 e. The number of benzene rings is 1. The summed E-state index contributed by atoms with van der Waals surface area (Å²) < 4.78 is 13.5. The van der Waals surface area contributed by atoms with Crippen LogP contribution in [-0.4, -0.2) is 23.1 Å². The summed E-state index contributed by atoms with van der Waals surface area (Å²) in [6.45, 7) is 4.32. The topological polar surface area (TPSA) is 78.4 Å². The molecule has 1 aromatic carbocycles. The van der Waals surface area contributed by atoms with Gasteiger partial charge in [0.15, 0.2) is 0 Å². The maximum absolute atomic E-state index is 13.5. The molecule has 1 aliphatic carbocycles. The summed E-state index contributed by atoms with van der Waals surface area (Å²) in [7, 11) is 0. The standard InChI is InChI=1S/C15H19FN2O3/c1-15(2)6-5-10(8-15)18-14(21)17-9-3-4-11(13(19)20)12(16)7-9/h3-4,7,10H,5-6,8H2,1-2H3,(H,19,20)(H2,17,18,21). The van der Waals surface area contributed by atoms with Gasteiger partial charge < -0.3 is 15.7 Å². The van der Waals surface area contributed by atoms with Gasteiger partial charge in [0, 0.05) is 11.7 Å². The van der Waals surface area contributed by atoms with Crippen molar-refractivity contribution in [1.29, 1.82) is 0 Å². The molecule has 0 heterocycles. The molecular formula is C15H19FN2O3. The molecule has 1 aromatic rings. The van der Waals surface area contributed by atoms with Crippen molar-refractivity contribution >= 4 is 17.7 Å². The molecule has 0 aliphatic heterocycles. The summed E-state index contributed by atoms with van der Waals surface area (Å²) in [5, 5.41) is 14.1. The second-order valence-electron chi connectivity index (χ2n) is 6.20. The van der Waals surface area contributed by atoms with Crippen LogP contribution in [0.15, 0.2) is 18.2 Å². The lowest BCUT2D eigenvalue weighted by molar-refractivity contribution is 0.0692. The zero-order valence-electron chi connectivity index (χ0n) is 12.1. The smallest absolute Gasteiger partial charge is 0.338 e. The Balaban J connectivity index is 1.94. The largest absolute Gasteiger partial charge is 0.478 e. The monoisotopic (exact) mass is 294 g/mol. The van der Waals surface area contributed by atoms with Gasteiger partial charge in [-0.2, -0.15) is 0 Å². The molecular weight excluding hydrogens is 275 g/mol. The summed E-state index contributed by atoms with van der Waals surface area (Å²) in [6, 6.07) is 3.21. The minimum atomic E-state index is -1.34. The molecule has 0 radical (unpaired) electrons. The Kier molecular flexibility index (Phi) is 4.16. The van der Waals surface area contributed by atoms with Crippen LogP contribution in [0, 0.1) is 11.2 Å². The highest BCUT2D eigenvalue weighted by Gasteiger charge is 2.31. The van der Waals surface area contributed by atoms with Crippen molar-refractivity contribution in [3.8, 4) is 0 Å². The van der Waals surface area contributed by atoms with E-state index in [1.54, 1.807) is 0 Å². The summed E-state index contributed by atoms with van der Waals surface area (Å²) in [5.74, 6) is -2.21. The van der Waals surface area contributed by atoms with Gasteiger partial charge in [0.05, 0.1) is 5.56 Å². The van der Waals surface area contributed by atoms with Gasteiger partial charge in [-0.3, -0.25) is 0 Å². The number of hydrogen-bond donors (Lipinski definition) is 3. The maximum atomic E-state index is 13.5. The summed E-state index contributed by atoms with van der Waals surface area (Å²) in [5.41, 5.74) is 0.0402. The van der Waals surface area contributed by atoms with E-state index in [4.69, 9.17) is 5.11 Å². The predicted molar refractivity (Wildman–Crippen MR) is 76.9 cm³/mol. The fraction of sp³-hybridized carbons (Fsp3) is 0.467. The number of amides is 2. The van der Waals surface area contributed by atoms with Gasteiger partial charge in [0.25, 0.3) is 0 Å². The second kappa shape index (κ2) is 5.71. The van der Waals surface area contributed by atoms with Crippen LogP contribution in [0.3, 0.4) is 0 Å². The average molecular weight is 294 g/mol. The number of carbonyl (C=O) groups is 2. The number of carboxylic acids is 1. The van der Waals surface area contributed by atoms with Crippen molar-refractivity contribution in [3.05, 3.63) is 29.6 Å². The van der Waals surface area contributed by atoms with Crippen LogP contribution in [0.2, 0.25) is 0 Å². The Morgan fingerprint density at radius 1 is 1.38 bits per heavy atom. The Morgan fingerprint density at radius 3 is 2.62 bits per heavy atom. The molecule has 1 aliphatic rings. The van der Waals surface area contributed by atoms with Gasteiger partial charge in [-0.1, -0.05) is 13.8 Å². The van der Waals surface area contributed by atoms with E-state index in [2.05, 4.69) is 24.5 Å². The van der Waals surface area contributed by atoms with Crippen molar-refractivity contribution in [2.24, 2.45) is 5.41 Å². The third-order valence-electron chi connectivity index (χ3n) is 3.76. The van der Waals surface area contributed by atoms with E-state index in [9.17, 15) is 14.0 Å². The third-order valence-corrected chi connectivity index (χ3v) is 3.76. The Labute approximate surface area is 122 Å². The number of urea groups is 1. The average Bonchev–Trinajstić information content (AvgIpc) is 2.67. The molecule has 21 heavy (non-hydrogen) atoms. The molecule has 0 saturated heterocycles. The molecule has 0 spiro atoms. The van der Waals surface area contributed by atoms with Crippen LogP contribution in [-0.2, 0) is 0 Å². The molecule has 0 aromatic heterocycles. The Morgan fingerprint density at radius 2 is 2.10 bits per heavy atom. The minimum absolute atomic E-state index is 0.114. The van der Waals surface area contributed by atoms with E-state index in [1.807, 2.05) is 0 Å². The molecule has 1 unspecified atom stereocenters. The van der Waals surface area contributed by atoms with E-state index < -0.39 is 23.4 Å². The van der Waals surface area contributed by atoms with Crippen molar-refractivity contribution in [2.75, 3.05) is 5.32 Å². The first kappa shape index (κ1) is 15.3. The summed E-state index contributed by atoms with van der Waals surface area (Å²) in [4.78, 5) is 22.6. The maximum Gasteiger partial charge on any atom is 0.338 e. The van der Waals surface area contributed by atoms with Crippen LogP contribution in [0.4, 0.5) is 14.9 Å². The first-order valence-electron chi connectivity index (χ1n) is 6.87. The van der Waals surface area contributed by atoms with E-state index in [1.165, 1.54) is 6.07 Å². The molecule has 1 fully saturated rings. The molecule has 2 rings (SSSR count). The van der Waals surface area contributed by atoms with Crippen LogP contribution < -0.4 is 10.6 Å². The van der Waals surface area contributed by atoms with E-state index in [0.29, 0.717) is 0 Å². The summed E-state index contributed by atoms with van der Waals surface area (Å²) in [6.07, 6.45) is 2.89. The highest BCUT2D eigenvalue weighted by atomic mass is 19.1. The number of carboxylic acid groups (broad SMARTS) is 1. The van der Waals surface area contributed by atoms with E-state index >= 15 is 0 Å². The number of aromatic carboxylic acids is 1. The second-order valence-corrected chi connectivity index (χ2v) is 6.20. The third kappa shape index (κ3) is 3.93. The number of anilines is 1. The van der Waals surface area contributed by atoms with Gasteiger partial charge in [0.1, 0.15) is 5.82 Å².